The molecule has 1 N–H and O–H groups in total. The molecule has 0 amide bonds. The van der Waals surface area contributed by atoms with Crippen molar-refractivity contribution in [2.45, 2.75) is 45.4 Å². The molecule has 0 aliphatic heterocycles. The summed E-state index contributed by atoms with van der Waals surface area (Å²) < 4.78 is 0. The summed E-state index contributed by atoms with van der Waals surface area (Å²) in [5, 5.41) is 8.97. The van der Waals surface area contributed by atoms with Crippen LogP contribution in [-0.2, 0) is 4.79 Å². The fourth-order valence-corrected chi connectivity index (χ4v) is 2.58. The molecule has 1 aromatic heterocycles. The number of aromatic nitrogens is 2. The van der Waals surface area contributed by atoms with E-state index in [1.165, 1.54) is 0 Å². The number of carboxylic acids is 1. The van der Waals surface area contributed by atoms with Crippen LogP contribution in [0.2, 0.25) is 0 Å². The van der Waals surface area contributed by atoms with Gasteiger partial charge in [-0.3, -0.25) is 4.79 Å². The molecule has 4 heteroatoms. The van der Waals surface area contributed by atoms with Crippen LogP contribution in [0.15, 0.2) is 6.33 Å². The van der Waals surface area contributed by atoms with E-state index in [0.29, 0.717) is 5.92 Å². The Morgan fingerprint density at radius 1 is 1.24 bits per heavy atom. The Morgan fingerprint density at radius 2 is 1.88 bits per heavy atom. The zero-order valence-corrected chi connectivity index (χ0v) is 10.3. The monoisotopic (exact) mass is 234 g/mol. The van der Waals surface area contributed by atoms with Crippen molar-refractivity contribution in [1.29, 1.82) is 0 Å². The molecule has 0 bridgehead atoms. The third-order valence-electron chi connectivity index (χ3n) is 3.84. The molecule has 92 valence electrons. The molecule has 2 rings (SSSR count). The van der Waals surface area contributed by atoms with Crippen LogP contribution in [0.5, 0.6) is 0 Å². The lowest BCUT2D eigenvalue weighted by molar-refractivity contribution is -0.142. The third-order valence-corrected chi connectivity index (χ3v) is 3.84. The molecular weight excluding hydrogens is 216 g/mol. The zero-order chi connectivity index (χ0) is 12.4. The van der Waals surface area contributed by atoms with Crippen LogP contribution in [-0.4, -0.2) is 21.0 Å². The number of hydrogen-bond acceptors (Lipinski definition) is 3. The Balaban J connectivity index is 2.10. The fourth-order valence-electron chi connectivity index (χ4n) is 2.58. The Kier molecular flexibility index (Phi) is 3.41. The lowest BCUT2D eigenvalue weighted by Gasteiger charge is -2.26. The zero-order valence-electron chi connectivity index (χ0n) is 10.3. The number of hydrogen-bond donors (Lipinski definition) is 1. The van der Waals surface area contributed by atoms with Gasteiger partial charge >= 0.3 is 5.97 Å². The van der Waals surface area contributed by atoms with Crippen molar-refractivity contribution in [1.82, 2.24) is 9.97 Å². The summed E-state index contributed by atoms with van der Waals surface area (Å²) in [6, 6.07) is 0. The van der Waals surface area contributed by atoms with Crippen LogP contribution < -0.4 is 0 Å². The van der Waals surface area contributed by atoms with Crippen molar-refractivity contribution in [3.8, 4) is 0 Å². The summed E-state index contributed by atoms with van der Waals surface area (Å²) >= 11 is 0. The highest BCUT2D eigenvalue weighted by Gasteiger charge is 2.28. The van der Waals surface area contributed by atoms with E-state index < -0.39 is 5.97 Å². The highest BCUT2D eigenvalue weighted by molar-refractivity contribution is 5.70. The van der Waals surface area contributed by atoms with Crippen molar-refractivity contribution < 1.29 is 9.90 Å². The standard InChI is InChI=1S/C13H18N2O2/c1-8-9(2)14-7-15-12(8)10-3-5-11(6-4-10)13(16)17/h7,10-11H,3-6H2,1-2H3,(H,16,17). The predicted molar refractivity (Wildman–Crippen MR) is 63.8 cm³/mol. The van der Waals surface area contributed by atoms with Gasteiger partial charge in [0, 0.05) is 17.3 Å². The van der Waals surface area contributed by atoms with Gasteiger partial charge in [-0.2, -0.15) is 0 Å². The molecule has 1 saturated carbocycles. The summed E-state index contributed by atoms with van der Waals surface area (Å²) in [7, 11) is 0. The Bertz CT molecular complexity index is 423. The molecule has 1 heterocycles. The Hall–Kier alpha value is -1.45. The largest absolute Gasteiger partial charge is 0.481 e. The molecule has 0 aromatic carbocycles. The first-order valence-corrected chi connectivity index (χ1v) is 6.10. The first kappa shape index (κ1) is 12.0. The SMILES string of the molecule is Cc1ncnc(C2CCC(C(=O)O)CC2)c1C. The molecule has 0 radical (unpaired) electrons. The van der Waals surface area contributed by atoms with E-state index in [4.69, 9.17) is 5.11 Å². The summed E-state index contributed by atoms with van der Waals surface area (Å²) in [6.07, 6.45) is 4.99. The molecule has 4 nitrogen and oxygen atoms in total. The first-order chi connectivity index (χ1) is 8.09. The van der Waals surface area contributed by atoms with Crippen molar-refractivity contribution in [3.05, 3.63) is 23.3 Å². The molecule has 0 unspecified atom stereocenters. The lowest BCUT2D eigenvalue weighted by Crippen LogP contribution is -2.21. The van der Waals surface area contributed by atoms with Crippen LogP contribution in [0, 0.1) is 19.8 Å². The second-order valence-electron chi connectivity index (χ2n) is 4.86. The van der Waals surface area contributed by atoms with Gasteiger partial charge in [0.2, 0.25) is 0 Å². The maximum atomic E-state index is 10.9. The summed E-state index contributed by atoms with van der Waals surface area (Å²) in [5.41, 5.74) is 3.29. The second-order valence-corrected chi connectivity index (χ2v) is 4.86. The van der Waals surface area contributed by atoms with Gasteiger partial charge in [0.1, 0.15) is 6.33 Å². The molecule has 1 aliphatic carbocycles. The third kappa shape index (κ3) is 2.46. The van der Waals surface area contributed by atoms with Crippen LogP contribution >= 0.6 is 0 Å². The molecule has 17 heavy (non-hydrogen) atoms. The van der Waals surface area contributed by atoms with Crippen LogP contribution in [0.3, 0.4) is 0 Å². The summed E-state index contributed by atoms with van der Waals surface area (Å²) in [6.45, 7) is 4.04. The van der Waals surface area contributed by atoms with Crippen molar-refractivity contribution in [2.24, 2.45) is 5.92 Å². The molecular formula is C13H18N2O2. The van der Waals surface area contributed by atoms with E-state index in [1.807, 2.05) is 13.8 Å². The van der Waals surface area contributed by atoms with Gasteiger partial charge in [-0.1, -0.05) is 0 Å². The molecule has 0 saturated heterocycles. The van der Waals surface area contributed by atoms with E-state index in [-0.39, 0.29) is 5.92 Å². The van der Waals surface area contributed by atoms with Crippen LogP contribution in [0.4, 0.5) is 0 Å². The second kappa shape index (κ2) is 4.82. The normalized spacial score (nSPS) is 24.6. The predicted octanol–water partition coefficient (Wildman–Crippen LogP) is 2.45. The van der Waals surface area contributed by atoms with Gasteiger partial charge < -0.3 is 5.11 Å². The van der Waals surface area contributed by atoms with Gasteiger partial charge in [0.25, 0.3) is 0 Å². The lowest BCUT2D eigenvalue weighted by atomic mass is 9.79. The topological polar surface area (TPSA) is 63.1 Å². The highest BCUT2D eigenvalue weighted by Crippen LogP contribution is 2.36. The van der Waals surface area contributed by atoms with Crippen molar-refractivity contribution >= 4 is 5.97 Å². The average Bonchev–Trinajstić information content (AvgIpc) is 2.33. The minimum Gasteiger partial charge on any atom is -0.481 e. The van der Waals surface area contributed by atoms with Crippen LogP contribution in [0.25, 0.3) is 0 Å². The summed E-state index contributed by atoms with van der Waals surface area (Å²) in [5.74, 6) is -0.402. The van der Waals surface area contributed by atoms with Crippen molar-refractivity contribution in [3.63, 3.8) is 0 Å². The summed E-state index contributed by atoms with van der Waals surface area (Å²) in [4.78, 5) is 19.4. The van der Waals surface area contributed by atoms with E-state index in [9.17, 15) is 4.79 Å². The molecule has 0 atom stereocenters. The van der Waals surface area contributed by atoms with E-state index in [2.05, 4.69) is 9.97 Å². The fraction of sp³-hybridized carbons (Fsp3) is 0.615. The number of carbonyl (C=O) groups is 1. The van der Waals surface area contributed by atoms with E-state index in [0.717, 1.165) is 42.6 Å². The maximum absolute atomic E-state index is 10.9. The van der Waals surface area contributed by atoms with Gasteiger partial charge in [-0.15, -0.1) is 0 Å². The van der Waals surface area contributed by atoms with Gasteiger partial charge in [-0.05, 0) is 45.1 Å². The highest BCUT2D eigenvalue weighted by atomic mass is 16.4. The number of aryl methyl sites for hydroxylation is 1. The Morgan fingerprint density at radius 3 is 2.47 bits per heavy atom. The van der Waals surface area contributed by atoms with Crippen LogP contribution in [0.1, 0.15) is 48.6 Å². The molecule has 0 spiro atoms. The first-order valence-electron chi connectivity index (χ1n) is 6.10. The van der Waals surface area contributed by atoms with Gasteiger partial charge in [0.15, 0.2) is 0 Å². The van der Waals surface area contributed by atoms with E-state index in [1.54, 1.807) is 6.33 Å². The number of carboxylic acid groups (broad SMARTS) is 1. The van der Waals surface area contributed by atoms with E-state index >= 15 is 0 Å². The van der Waals surface area contributed by atoms with Gasteiger partial charge in [-0.25, -0.2) is 9.97 Å². The number of nitrogens with zero attached hydrogens (tertiary/aromatic N) is 2. The maximum Gasteiger partial charge on any atom is 0.306 e. The molecule has 1 fully saturated rings. The molecule has 1 aromatic rings. The Labute approximate surface area is 101 Å². The number of rotatable bonds is 2. The molecule has 1 aliphatic rings. The minimum atomic E-state index is -0.654. The van der Waals surface area contributed by atoms with Crippen molar-refractivity contribution in [2.75, 3.05) is 0 Å². The van der Waals surface area contributed by atoms with Gasteiger partial charge in [0.05, 0.1) is 5.92 Å². The quantitative estimate of drug-likeness (QED) is 0.853. The average molecular weight is 234 g/mol. The smallest absolute Gasteiger partial charge is 0.306 e. The minimum absolute atomic E-state index is 0.158. The number of aliphatic carboxylic acids is 1.